The van der Waals surface area contributed by atoms with E-state index < -0.39 is 0 Å². The molecule has 2 aromatic rings. The van der Waals surface area contributed by atoms with Crippen LogP contribution < -0.4 is 10.1 Å². The molecule has 2 rings (SSSR count). The Labute approximate surface area is 124 Å². The van der Waals surface area contributed by atoms with Gasteiger partial charge in [-0.15, -0.1) is 0 Å². The number of H-pyrrole nitrogens is 1. The van der Waals surface area contributed by atoms with Crippen LogP contribution in [0.5, 0.6) is 5.75 Å². The van der Waals surface area contributed by atoms with Crippen molar-refractivity contribution >= 4 is 5.91 Å². The van der Waals surface area contributed by atoms with Crippen LogP contribution >= 0.6 is 0 Å². The molecule has 5 nitrogen and oxygen atoms in total. The number of amides is 1. The largest absolute Gasteiger partial charge is 0.483 e. The molecule has 5 heteroatoms. The third kappa shape index (κ3) is 4.63. The van der Waals surface area contributed by atoms with Crippen molar-refractivity contribution in [1.82, 2.24) is 15.3 Å². The van der Waals surface area contributed by atoms with E-state index >= 15 is 0 Å². The van der Waals surface area contributed by atoms with Gasteiger partial charge in [0.15, 0.2) is 6.61 Å². The highest BCUT2D eigenvalue weighted by atomic mass is 16.5. The van der Waals surface area contributed by atoms with E-state index in [0.29, 0.717) is 6.54 Å². The van der Waals surface area contributed by atoms with E-state index in [1.54, 1.807) is 12.4 Å². The topological polar surface area (TPSA) is 67.0 Å². The van der Waals surface area contributed by atoms with E-state index in [1.807, 2.05) is 32.0 Å². The summed E-state index contributed by atoms with van der Waals surface area (Å²) in [5.41, 5.74) is 2.23. The molecule has 0 spiro atoms. The monoisotopic (exact) mass is 287 g/mol. The van der Waals surface area contributed by atoms with Crippen LogP contribution in [0.2, 0.25) is 0 Å². The van der Waals surface area contributed by atoms with Crippen molar-refractivity contribution in [2.24, 2.45) is 0 Å². The smallest absolute Gasteiger partial charge is 0.257 e. The lowest BCUT2D eigenvalue weighted by Gasteiger charge is -2.10. The van der Waals surface area contributed by atoms with Crippen LogP contribution in [0.15, 0.2) is 30.6 Å². The predicted octanol–water partition coefficient (Wildman–Crippen LogP) is 2.15. The Morgan fingerprint density at radius 1 is 1.38 bits per heavy atom. The average Bonchev–Trinajstić information content (AvgIpc) is 2.98. The number of rotatable bonds is 7. The molecule has 0 fully saturated rings. The van der Waals surface area contributed by atoms with Crippen LogP contribution in [0.3, 0.4) is 0 Å². The van der Waals surface area contributed by atoms with Gasteiger partial charge in [0.25, 0.3) is 5.91 Å². The van der Waals surface area contributed by atoms with Gasteiger partial charge in [-0.05, 0) is 37.5 Å². The number of nitrogens with zero attached hydrogens (tertiary/aromatic N) is 1. The van der Waals surface area contributed by atoms with Gasteiger partial charge < -0.3 is 15.0 Å². The number of hydrogen-bond acceptors (Lipinski definition) is 3. The fraction of sp³-hybridized carbons (Fsp3) is 0.375. The van der Waals surface area contributed by atoms with Gasteiger partial charge in [0.2, 0.25) is 0 Å². The Hall–Kier alpha value is -2.30. The Morgan fingerprint density at radius 2 is 2.24 bits per heavy atom. The molecule has 2 N–H and O–H groups in total. The highest BCUT2D eigenvalue weighted by Gasteiger charge is 2.05. The molecule has 0 aliphatic rings. The van der Waals surface area contributed by atoms with E-state index in [1.165, 1.54) is 0 Å². The zero-order chi connectivity index (χ0) is 15.1. The number of aromatic amines is 1. The van der Waals surface area contributed by atoms with Gasteiger partial charge in [0.05, 0.1) is 0 Å². The minimum Gasteiger partial charge on any atom is -0.483 e. The molecule has 112 valence electrons. The highest BCUT2D eigenvalue weighted by molar-refractivity contribution is 5.77. The first kappa shape index (κ1) is 15.1. The number of aromatic nitrogens is 2. The molecule has 1 aromatic carbocycles. The van der Waals surface area contributed by atoms with Crippen LogP contribution in [-0.4, -0.2) is 29.0 Å². The number of ether oxygens (including phenoxy) is 1. The fourth-order valence-corrected chi connectivity index (χ4v) is 1.99. The van der Waals surface area contributed by atoms with Gasteiger partial charge in [-0.3, -0.25) is 4.79 Å². The number of aryl methyl sites for hydroxylation is 2. The predicted molar refractivity (Wildman–Crippen MR) is 81.3 cm³/mol. The molecule has 0 aliphatic heterocycles. The number of imidazole rings is 1. The zero-order valence-electron chi connectivity index (χ0n) is 12.5. The summed E-state index contributed by atoms with van der Waals surface area (Å²) in [4.78, 5) is 18.9. The van der Waals surface area contributed by atoms with Crippen LogP contribution in [0, 0.1) is 13.8 Å². The molecule has 0 aliphatic carbocycles. The van der Waals surface area contributed by atoms with Crippen LogP contribution in [-0.2, 0) is 11.2 Å². The standard InChI is InChI=1S/C16H21N3O2/c1-12-5-3-6-14(13(12)2)21-11-16(20)19-8-4-7-15-17-9-10-18-15/h3,5-6,9-10H,4,7-8,11H2,1-2H3,(H,17,18)(H,19,20). The van der Waals surface area contributed by atoms with Gasteiger partial charge in [-0.2, -0.15) is 0 Å². The normalized spacial score (nSPS) is 10.4. The van der Waals surface area contributed by atoms with Gasteiger partial charge in [0, 0.05) is 25.4 Å². The van der Waals surface area contributed by atoms with E-state index in [9.17, 15) is 4.79 Å². The summed E-state index contributed by atoms with van der Waals surface area (Å²) >= 11 is 0. The van der Waals surface area contributed by atoms with Crippen LogP contribution in [0.4, 0.5) is 0 Å². The molecule has 0 radical (unpaired) electrons. The Balaban J connectivity index is 1.66. The number of hydrogen-bond donors (Lipinski definition) is 2. The summed E-state index contributed by atoms with van der Waals surface area (Å²) in [5.74, 6) is 1.60. The van der Waals surface area contributed by atoms with E-state index in [4.69, 9.17) is 4.74 Å². The van der Waals surface area contributed by atoms with Crippen LogP contribution in [0.1, 0.15) is 23.4 Å². The molecular weight excluding hydrogens is 266 g/mol. The summed E-state index contributed by atoms with van der Waals surface area (Å²) in [7, 11) is 0. The first-order chi connectivity index (χ1) is 10.2. The molecule has 1 amide bonds. The zero-order valence-corrected chi connectivity index (χ0v) is 12.5. The second-order valence-electron chi connectivity index (χ2n) is 4.98. The van der Waals surface area contributed by atoms with E-state index in [2.05, 4.69) is 15.3 Å². The van der Waals surface area contributed by atoms with E-state index in [-0.39, 0.29) is 12.5 Å². The quantitative estimate of drug-likeness (QED) is 0.767. The molecule has 21 heavy (non-hydrogen) atoms. The lowest BCUT2D eigenvalue weighted by Crippen LogP contribution is -2.30. The van der Waals surface area contributed by atoms with Crippen molar-refractivity contribution < 1.29 is 9.53 Å². The van der Waals surface area contributed by atoms with Gasteiger partial charge >= 0.3 is 0 Å². The maximum Gasteiger partial charge on any atom is 0.257 e. The third-order valence-electron chi connectivity index (χ3n) is 3.38. The second-order valence-corrected chi connectivity index (χ2v) is 4.98. The maximum absolute atomic E-state index is 11.7. The van der Waals surface area contributed by atoms with Gasteiger partial charge in [-0.1, -0.05) is 12.1 Å². The van der Waals surface area contributed by atoms with Crippen molar-refractivity contribution in [3.05, 3.63) is 47.5 Å². The van der Waals surface area contributed by atoms with Gasteiger partial charge in [-0.25, -0.2) is 4.98 Å². The van der Waals surface area contributed by atoms with Gasteiger partial charge in [0.1, 0.15) is 11.6 Å². The fourth-order valence-electron chi connectivity index (χ4n) is 1.99. The molecule has 0 saturated carbocycles. The Bertz CT molecular complexity index is 579. The summed E-state index contributed by atoms with van der Waals surface area (Å²) in [6.45, 7) is 4.68. The molecule has 0 saturated heterocycles. The number of nitrogens with one attached hydrogen (secondary N) is 2. The summed E-state index contributed by atoms with van der Waals surface area (Å²) in [5, 5.41) is 2.84. The van der Waals surface area contributed by atoms with Crippen molar-refractivity contribution in [2.45, 2.75) is 26.7 Å². The summed E-state index contributed by atoms with van der Waals surface area (Å²) < 4.78 is 5.55. The minimum absolute atomic E-state index is 0.0467. The molecule has 0 bridgehead atoms. The lowest BCUT2D eigenvalue weighted by atomic mass is 10.1. The third-order valence-corrected chi connectivity index (χ3v) is 3.38. The van der Waals surface area contributed by atoms with Crippen molar-refractivity contribution in [1.29, 1.82) is 0 Å². The Morgan fingerprint density at radius 3 is 3.00 bits per heavy atom. The Kier molecular flexibility index (Phi) is 5.37. The van der Waals surface area contributed by atoms with Crippen molar-refractivity contribution in [3.63, 3.8) is 0 Å². The number of carbonyl (C=O) groups is 1. The van der Waals surface area contributed by atoms with Crippen molar-refractivity contribution in [2.75, 3.05) is 13.2 Å². The SMILES string of the molecule is Cc1cccc(OCC(=O)NCCCc2ncc[nH]2)c1C. The second kappa shape index (κ2) is 7.47. The lowest BCUT2D eigenvalue weighted by molar-refractivity contribution is -0.123. The number of benzene rings is 1. The van der Waals surface area contributed by atoms with Crippen molar-refractivity contribution in [3.8, 4) is 5.75 Å². The minimum atomic E-state index is -0.102. The molecule has 1 aromatic heterocycles. The first-order valence-corrected chi connectivity index (χ1v) is 7.11. The van der Waals surface area contributed by atoms with E-state index in [0.717, 1.165) is 35.5 Å². The summed E-state index contributed by atoms with van der Waals surface area (Å²) in [6, 6.07) is 5.84. The molecular formula is C16H21N3O2. The average molecular weight is 287 g/mol. The number of carbonyl (C=O) groups excluding carboxylic acids is 1. The highest BCUT2D eigenvalue weighted by Crippen LogP contribution is 2.20. The first-order valence-electron chi connectivity index (χ1n) is 7.11. The summed E-state index contributed by atoms with van der Waals surface area (Å²) in [6.07, 6.45) is 5.20. The molecule has 0 atom stereocenters. The molecule has 0 unspecified atom stereocenters. The maximum atomic E-state index is 11.7. The van der Waals surface area contributed by atoms with Crippen LogP contribution in [0.25, 0.3) is 0 Å². The molecule has 1 heterocycles.